The third-order valence-electron chi connectivity index (χ3n) is 4.84. The van der Waals surface area contributed by atoms with Crippen molar-refractivity contribution in [3.05, 3.63) is 29.9 Å². The monoisotopic (exact) mass is 289 g/mol. The number of hydrogen-bond acceptors (Lipinski definition) is 2. The van der Waals surface area contributed by atoms with Crippen LogP contribution in [0.1, 0.15) is 31.7 Å². The molecule has 0 saturated heterocycles. The van der Waals surface area contributed by atoms with Crippen LogP contribution in [0, 0.1) is 23.7 Å². The molecule has 3 nitrogen and oxygen atoms in total. The molecule has 3 rings (SSSR count). The van der Waals surface area contributed by atoms with E-state index in [9.17, 15) is 4.39 Å². The molecule has 2 N–H and O–H groups in total. The first-order chi connectivity index (χ1) is 10.2. The summed E-state index contributed by atoms with van der Waals surface area (Å²) in [5.74, 6) is 1.45. The number of hydrogen-bond donors (Lipinski definition) is 2. The predicted molar refractivity (Wildman–Crippen MR) is 85.0 cm³/mol. The molecule has 114 valence electrons. The van der Waals surface area contributed by atoms with E-state index < -0.39 is 0 Å². The molecule has 0 amide bonds. The zero-order valence-electron chi connectivity index (χ0n) is 12.8. The lowest BCUT2D eigenvalue weighted by atomic mass is 9.72. The minimum atomic E-state index is -0.253. The summed E-state index contributed by atoms with van der Waals surface area (Å²) in [6, 6.07) is 1.61. The number of rotatable bonds is 6. The fourth-order valence-corrected chi connectivity index (χ4v) is 3.61. The van der Waals surface area contributed by atoms with Gasteiger partial charge in [0.25, 0.3) is 0 Å². The van der Waals surface area contributed by atoms with Crippen molar-refractivity contribution in [1.82, 2.24) is 10.3 Å². The first kappa shape index (κ1) is 14.5. The van der Waals surface area contributed by atoms with E-state index in [1.165, 1.54) is 24.1 Å². The number of aromatic nitrogens is 1. The number of aromatic amines is 1. The molecule has 0 spiro atoms. The Hall–Kier alpha value is -1.42. The molecule has 4 heteroatoms. The summed E-state index contributed by atoms with van der Waals surface area (Å²) in [5, 5.41) is 3.29. The van der Waals surface area contributed by atoms with Crippen LogP contribution in [0.3, 0.4) is 0 Å². The van der Waals surface area contributed by atoms with E-state index in [4.69, 9.17) is 0 Å². The van der Waals surface area contributed by atoms with Crippen molar-refractivity contribution in [2.45, 2.75) is 26.2 Å². The molecule has 1 aromatic rings. The highest BCUT2D eigenvalue weighted by Gasteiger charge is 2.35. The molecule has 0 bridgehead atoms. The summed E-state index contributed by atoms with van der Waals surface area (Å²) in [5.41, 5.74) is 3.66. The zero-order chi connectivity index (χ0) is 14.8. The van der Waals surface area contributed by atoms with Gasteiger partial charge in [0.1, 0.15) is 0 Å². The first-order valence-electron chi connectivity index (χ1n) is 7.95. The van der Waals surface area contributed by atoms with Crippen LogP contribution in [0.5, 0.6) is 0 Å². The average molecular weight is 289 g/mol. The number of nitrogens with one attached hydrogen (secondary N) is 2. The van der Waals surface area contributed by atoms with E-state index in [1.807, 2.05) is 7.05 Å². The summed E-state index contributed by atoms with van der Waals surface area (Å²) in [6.45, 7) is 4.22. The van der Waals surface area contributed by atoms with Crippen molar-refractivity contribution >= 4 is 11.3 Å². The van der Waals surface area contributed by atoms with Crippen molar-refractivity contribution in [1.29, 1.82) is 0 Å². The lowest BCUT2D eigenvalue weighted by molar-refractivity contribution is 0.394. The van der Waals surface area contributed by atoms with Crippen molar-refractivity contribution in [2.24, 2.45) is 22.7 Å². The smallest absolute Gasteiger partial charge is 0.191 e. The third-order valence-corrected chi connectivity index (χ3v) is 4.84. The van der Waals surface area contributed by atoms with E-state index in [1.54, 1.807) is 12.3 Å². The van der Waals surface area contributed by atoms with Crippen LogP contribution in [0.25, 0.3) is 5.57 Å². The van der Waals surface area contributed by atoms with Gasteiger partial charge in [0.15, 0.2) is 5.95 Å². The quantitative estimate of drug-likeness (QED) is 0.829. The fraction of sp³-hybridized carbons (Fsp3) is 0.588. The van der Waals surface area contributed by atoms with Gasteiger partial charge in [0.05, 0.1) is 6.54 Å². The maximum Gasteiger partial charge on any atom is 0.191 e. The van der Waals surface area contributed by atoms with Crippen molar-refractivity contribution < 1.29 is 4.39 Å². The Morgan fingerprint density at radius 2 is 2.38 bits per heavy atom. The Morgan fingerprint density at radius 1 is 1.52 bits per heavy atom. The molecular formula is C17H24FN3. The number of halogens is 1. The molecule has 1 aliphatic heterocycles. The topological polar surface area (TPSA) is 40.2 Å². The molecule has 3 atom stereocenters. The van der Waals surface area contributed by atoms with Crippen LogP contribution in [0.2, 0.25) is 0 Å². The second-order valence-electron chi connectivity index (χ2n) is 6.27. The van der Waals surface area contributed by atoms with E-state index >= 15 is 0 Å². The van der Waals surface area contributed by atoms with Crippen LogP contribution in [0.15, 0.2) is 23.3 Å². The second-order valence-corrected chi connectivity index (χ2v) is 6.27. The minimum Gasteiger partial charge on any atom is -0.338 e. The van der Waals surface area contributed by atoms with Gasteiger partial charge < -0.3 is 10.3 Å². The van der Waals surface area contributed by atoms with Crippen molar-refractivity contribution in [2.75, 3.05) is 20.1 Å². The van der Waals surface area contributed by atoms with Crippen molar-refractivity contribution in [3.8, 4) is 0 Å². The van der Waals surface area contributed by atoms with Crippen LogP contribution in [-0.2, 0) is 0 Å². The lowest BCUT2D eigenvalue weighted by Crippen LogP contribution is -2.38. The van der Waals surface area contributed by atoms with E-state index in [0.717, 1.165) is 25.1 Å². The van der Waals surface area contributed by atoms with Crippen LogP contribution < -0.4 is 5.32 Å². The molecule has 21 heavy (non-hydrogen) atoms. The molecule has 0 saturated carbocycles. The van der Waals surface area contributed by atoms with Gasteiger partial charge >= 0.3 is 0 Å². The second kappa shape index (κ2) is 6.14. The van der Waals surface area contributed by atoms with Gasteiger partial charge in [-0.3, -0.25) is 4.99 Å². The standard InChI is InChI=1S/C17H24FN3/c1-3-11(8-19-2)4-13-5-12(6-15-10-21-17(13)15)14-7-16(18)20-9-14/h6-7,9,11,13,15,19-20H,3-5,8,10H2,1-2H3. The number of nitrogens with zero attached hydrogens (tertiary/aromatic N) is 1. The summed E-state index contributed by atoms with van der Waals surface area (Å²) < 4.78 is 13.2. The number of H-pyrrole nitrogens is 1. The molecule has 2 heterocycles. The van der Waals surface area contributed by atoms with E-state index in [-0.39, 0.29) is 5.95 Å². The van der Waals surface area contributed by atoms with Crippen molar-refractivity contribution in [3.63, 3.8) is 0 Å². The highest BCUT2D eigenvalue weighted by Crippen LogP contribution is 2.39. The molecule has 0 fully saturated rings. The average Bonchev–Trinajstić information content (AvgIpc) is 2.86. The number of allylic oxidation sites excluding steroid dienone is 1. The molecule has 1 aliphatic carbocycles. The predicted octanol–water partition coefficient (Wildman–Crippen LogP) is 3.26. The van der Waals surface area contributed by atoms with Crippen LogP contribution >= 0.6 is 0 Å². The Labute approximate surface area is 125 Å². The zero-order valence-corrected chi connectivity index (χ0v) is 12.8. The number of fused-ring (bicyclic) bond motifs is 1. The largest absolute Gasteiger partial charge is 0.338 e. The Balaban J connectivity index is 1.75. The maximum absolute atomic E-state index is 13.2. The van der Waals surface area contributed by atoms with Gasteiger partial charge in [-0.05, 0) is 43.5 Å². The summed E-state index contributed by atoms with van der Waals surface area (Å²) >= 11 is 0. The molecule has 3 unspecified atom stereocenters. The number of aliphatic imine (C=N–C) groups is 1. The SMILES string of the molecule is CCC(CNC)CC1CC(c2c[nH]c(F)c2)=CC2CN=C21. The molecule has 2 aliphatic rings. The minimum absolute atomic E-state index is 0.253. The third kappa shape index (κ3) is 2.95. The summed E-state index contributed by atoms with van der Waals surface area (Å²) in [6.07, 6.45) is 7.43. The van der Waals surface area contributed by atoms with Gasteiger partial charge in [-0.1, -0.05) is 19.4 Å². The Morgan fingerprint density at radius 3 is 2.95 bits per heavy atom. The Kier molecular flexibility index (Phi) is 4.24. The molecule has 1 aromatic heterocycles. The van der Waals surface area contributed by atoms with Gasteiger partial charge in [0, 0.05) is 29.8 Å². The van der Waals surface area contributed by atoms with E-state index in [2.05, 4.69) is 28.3 Å². The van der Waals surface area contributed by atoms with E-state index in [0.29, 0.717) is 17.8 Å². The molecular weight excluding hydrogens is 265 g/mol. The normalized spacial score (nSPS) is 25.7. The molecule has 0 radical (unpaired) electrons. The maximum atomic E-state index is 13.2. The van der Waals surface area contributed by atoms with Gasteiger partial charge in [0.2, 0.25) is 0 Å². The van der Waals surface area contributed by atoms with Gasteiger partial charge in [-0.15, -0.1) is 0 Å². The molecule has 0 aromatic carbocycles. The highest BCUT2D eigenvalue weighted by molar-refractivity contribution is 5.98. The van der Waals surface area contributed by atoms with Crippen LogP contribution in [-0.4, -0.2) is 30.8 Å². The summed E-state index contributed by atoms with van der Waals surface area (Å²) in [4.78, 5) is 7.27. The Bertz CT molecular complexity index is 558. The summed E-state index contributed by atoms with van der Waals surface area (Å²) in [7, 11) is 2.01. The highest BCUT2D eigenvalue weighted by atomic mass is 19.1. The fourth-order valence-electron chi connectivity index (χ4n) is 3.61. The first-order valence-corrected chi connectivity index (χ1v) is 7.95. The van der Waals surface area contributed by atoms with Gasteiger partial charge in [-0.2, -0.15) is 4.39 Å². The van der Waals surface area contributed by atoms with Gasteiger partial charge in [-0.25, -0.2) is 0 Å². The lowest BCUT2D eigenvalue weighted by Gasteiger charge is -2.37. The van der Waals surface area contributed by atoms with Crippen LogP contribution in [0.4, 0.5) is 4.39 Å².